The number of hydrogen-bond acceptors (Lipinski definition) is 4. The van der Waals surface area contributed by atoms with E-state index in [2.05, 4.69) is 0 Å². The number of sulfonamides is 1. The summed E-state index contributed by atoms with van der Waals surface area (Å²) in [5.74, 6) is 0. The van der Waals surface area contributed by atoms with Crippen molar-refractivity contribution in [2.75, 3.05) is 6.67 Å². The summed E-state index contributed by atoms with van der Waals surface area (Å²) in [6.45, 7) is -0.260. The molecule has 1 rings (SSSR count). The molecule has 0 saturated heterocycles. The van der Waals surface area contributed by atoms with Crippen LogP contribution < -0.4 is 0 Å². The Morgan fingerprint density at radius 1 is 1.00 bits per heavy atom. The van der Waals surface area contributed by atoms with Crippen LogP contribution in [0.2, 0.25) is 0 Å². The Labute approximate surface area is 118 Å². The molecule has 0 aromatic heterocycles. The first-order chi connectivity index (χ1) is 9.39. The molecule has 0 amide bonds. The minimum absolute atomic E-state index is 0.260. The second kappa shape index (κ2) is 7.66. The van der Waals surface area contributed by atoms with Crippen molar-refractivity contribution in [1.29, 1.82) is 0 Å². The van der Waals surface area contributed by atoms with Crippen molar-refractivity contribution >= 4 is 20.4 Å². The molecule has 1 aromatic rings. The van der Waals surface area contributed by atoms with Gasteiger partial charge in [-0.3, -0.25) is 4.39 Å². The Kier molecular flexibility index (Phi) is 7.19. The fourth-order valence-electron chi connectivity index (χ4n) is 0.913. The van der Waals surface area contributed by atoms with Gasteiger partial charge in [-0.2, -0.15) is 13.2 Å². The number of aryl methyl sites for hydroxylation is 1. The minimum Gasteiger partial charge on any atom is -0.400 e. The van der Waals surface area contributed by atoms with Gasteiger partial charge in [0.15, 0.2) is 10.0 Å². The van der Waals surface area contributed by atoms with E-state index in [1.807, 2.05) is 30.3 Å². The van der Waals surface area contributed by atoms with Gasteiger partial charge in [0, 0.05) is 6.42 Å². The van der Waals surface area contributed by atoms with Gasteiger partial charge in [-0.25, -0.2) is 16.8 Å². The topological polar surface area (TPSA) is 82.4 Å². The maximum Gasteiger partial charge on any atom is 0.480 e. The normalized spacial score (nSPS) is 12.4. The highest BCUT2D eigenvalue weighted by Gasteiger charge is 2.40. The van der Waals surface area contributed by atoms with Crippen LogP contribution in [0.3, 0.4) is 0 Å². The molecule has 5 nitrogen and oxygen atoms in total. The second-order valence-electron chi connectivity index (χ2n) is 3.33. The van der Waals surface area contributed by atoms with Crippen molar-refractivity contribution in [3.8, 4) is 0 Å². The van der Waals surface area contributed by atoms with Gasteiger partial charge in [-0.05, 0) is 5.56 Å². The standard InChI is InChI=1S/C8H9F.CF4NO4S2/c9-7-6-8-4-2-1-3-5-8;2-1(3,4)11(7,8)6-12(5,9)10/h1-5H,6-7H2;/q;-1. The molecule has 0 radical (unpaired) electrons. The summed E-state index contributed by atoms with van der Waals surface area (Å²) < 4.78 is 96.0. The van der Waals surface area contributed by atoms with E-state index in [1.165, 1.54) is 0 Å². The smallest absolute Gasteiger partial charge is 0.400 e. The third-order valence-electron chi connectivity index (χ3n) is 1.71. The molecule has 122 valence electrons. The van der Waals surface area contributed by atoms with Crippen molar-refractivity contribution in [3.05, 3.63) is 40.0 Å². The van der Waals surface area contributed by atoms with Gasteiger partial charge in [-0.15, -0.1) is 3.89 Å². The zero-order valence-electron chi connectivity index (χ0n) is 10.1. The van der Waals surface area contributed by atoms with Crippen LogP contribution in [0, 0.1) is 0 Å². The number of rotatable bonds is 4. The van der Waals surface area contributed by atoms with Crippen LogP contribution in [0.15, 0.2) is 30.3 Å². The van der Waals surface area contributed by atoms with Gasteiger partial charge in [0.25, 0.3) is 0 Å². The summed E-state index contributed by atoms with van der Waals surface area (Å²) in [6.07, 6.45) is 0.542. The molecular formula is C9H9F5NO4S2-. The third-order valence-corrected chi connectivity index (χ3v) is 3.79. The zero-order valence-corrected chi connectivity index (χ0v) is 11.7. The number of benzene rings is 1. The average Bonchev–Trinajstić information content (AvgIpc) is 2.27. The molecule has 0 aliphatic heterocycles. The van der Waals surface area contributed by atoms with Crippen LogP contribution in [0.25, 0.3) is 4.13 Å². The van der Waals surface area contributed by atoms with Crippen molar-refractivity contribution in [2.45, 2.75) is 11.9 Å². The van der Waals surface area contributed by atoms with E-state index in [0.29, 0.717) is 6.42 Å². The maximum absolute atomic E-state index is 11.7. The van der Waals surface area contributed by atoms with Crippen molar-refractivity contribution < 1.29 is 38.3 Å². The third kappa shape index (κ3) is 8.57. The van der Waals surface area contributed by atoms with Crippen molar-refractivity contribution in [2.24, 2.45) is 0 Å². The Morgan fingerprint density at radius 3 is 1.76 bits per heavy atom. The molecule has 0 unspecified atom stereocenters. The lowest BCUT2D eigenvalue weighted by molar-refractivity contribution is -0.0425. The number of alkyl halides is 4. The van der Waals surface area contributed by atoms with Crippen LogP contribution in [0.5, 0.6) is 0 Å². The first-order valence-electron chi connectivity index (χ1n) is 4.99. The lowest BCUT2D eigenvalue weighted by Crippen LogP contribution is -2.23. The van der Waals surface area contributed by atoms with E-state index >= 15 is 0 Å². The predicted molar refractivity (Wildman–Crippen MR) is 64.5 cm³/mol. The summed E-state index contributed by atoms with van der Waals surface area (Å²) in [5, 5.41) is 0. The van der Waals surface area contributed by atoms with E-state index in [1.54, 1.807) is 0 Å². The van der Waals surface area contributed by atoms with Crippen LogP contribution in [0.4, 0.5) is 21.4 Å². The quantitative estimate of drug-likeness (QED) is 0.615. The Hall–Kier alpha value is -1.27. The van der Waals surface area contributed by atoms with E-state index in [-0.39, 0.29) is 6.67 Å². The van der Waals surface area contributed by atoms with Crippen molar-refractivity contribution in [3.63, 3.8) is 0 Å². The van der Waals surface area contributed by atoms with Gasteiger partial charge in [0.2, 0.25) is 10.4 Å². The summed E-state index contributed by atoms with van der Waals surface area (Å²) in [6, 6.07) is 9.64. The fourth-order valence-corrected chi connectivity index (χ4v) is 2.19. The highest BCUT2D eigenvalue weighted by Crippen LogP contribution is 2.30. The number of hydrogen-bond donors (Lipinski definition) is 0. The SMILES string of the molecule is FCCc1ccccc1.O=S(=O)(F)[N-]S(=O)(=O)C(F)(F)F. The largest absolute Gasteiger partial charge is 0.480 e. The molecule has 0 fully saturated rings. The molecule has 0 aliphatic carbocycles. The molecule has 1 aromatic carbocycles. The van der Waals surface area contributed by atoms with E-state index < -0.39 is 25.9 Å². The van der Waals surface area contributed by atoms with Gasteiger partial charge in [0.05, 0.1) is 6.67 Å². The summed E-state index contributed by atoms with van der Waals surface area (Å²) in [5.41, 5.74) is -4.84. The number of nitrogens with zero attached hydrogens (tertiary/aromatic N) is 1. The molecule has 0 aliphatic rings. The van der Waals surface area contributed by atoms with Crippen LogP contribution >= 0.6 is 0 Å². The predicted octanol–water partition coefficient (Wildman–Crippen LogP) is 2.62. The van der Waals surface area contributed by atoms with Crippen molar-refractivity contribution in [1.82, 2.24) is 0 Å². The van der Waals surface area contributed by atoms with E-state index in [0.717, 1.165) is 9.69 Å². The maximum atomic E-state index is 11.7. The molecule has 0 heterocycles. The molecular weight excluding hydrogens is 345 g/mol. The molecule has 0 bridgehead atoms. The Bertz CT molecular complexity index is 628. The average molecular weight is 354 g/mol. The summed E-state index contributed by atoms with van der Waals surface area (Å²) in [7, 11) is -12.3. The minimum atomic E-state index is -6.29. The van der Waals surface area contributed by atoms with E-state index in [4.69, 9.17) is 0 Å². The first-order valence-corrected chi connectivity index (χ1v) is 7.77. The Morgan fingerprint density at radius 2 is 1.48 bits per heavy atom. The molecule has 12 heteroatoms. The van der Waals surface area contributed by atoms with Crippen LogP contribution in [0.1, 0.15) is 5.56 Å². The monoisotopic (exact) mass is 354 g/mol. The van der Waals surface area contributed by atoms with Gasteiger partial charge in [-0.1, -0.05) is 30.3 Å². The molecule has 0 spiro atoms. The van der Waals surface area contributed by atoms with Gasteiger partial charge in [0.1, 0.15) is 0 Å². The molecule has 0 saturated carbocycles. The lowest BCUT2D eigenvalue weighted by Gasteiger charge is -2.16. The summed E-state index contributed by atoms with van der Waals surface area (Å²) in [4.78, 5) is 0. The van der Waals surface area contributed by atoms with Gasteiger partial charge >= 0.3 is 5.51 Å². The van der Waals surface area contributed by atoms with Crippen LogP contribution in [-0.2, 0) is 26.9 Å². The van der Waals surface area contributed by atoms with E-state index in [9.17, 15) is 38.3 Å². The fraction of sp³-hybridized carbons (Fsp3) is 0.333. The second-order valence-corrected chi connectivity index (χ2v) is 6.17. The highest BCUT2D eigenvalue weighted by atomic mass is 32.3. The lowest BCUT2D eigenvalue weighted by atomic mass is 10.2. The van der Waals surface area contributed by atoms with Crippen LogP contribution in [-0.4, -0.2) is 29.0 Å². The molecule has 21 heavy (non-hydrogen) atoms. The highest BCUT2D eigenvalue weighted by molar-refractivity contribution is 8.10. The number of halogens is 5. The first kappa shape index (κ1) is 19.7. The molecule has 0 atom stereocenters. The van der Waals surface area contributed by atoms with Gasteiger partial charge < -0.3 is 4.13 Å². The summed E-state index contributed by atoms with van der Waals surface area (Å²) >= 11 is 0. The molecule has 0 N–H and O–H groups in total. The Balaban J connectivity index is 0.000000394. The zero-order chi connectivity index (χ0) is 16.7.